The SMILES string of the molecule is O=C1CCCCN1CCC1CC(c2ccc3c(c2)OCO3)CN1. The molecule has 2 atom stereocenters. The predicted molar refractivity (Wildman–Crippen MR) is 86.8 cm³/mol. The number of ether oxygens (including phenoxy) is 2. The number of carbonyl (C=O) groups is 1. The zero-order valence-corrected chi connectivity index (χ0v) is 13.4. The Hall–Kier alpha value is -1.75. The van der Waals surface area contributed by atoms with E-state index in [0.29, 0.717) is 24.7 Å². The van der Waals surface area contributed by atoms with E-state index in [9.17, 15) is 4.79 Å². The number of piperidine rings is 1. The summed E-state index contributed by atoms with van der Waals surface area (Å²) in [5.74, 6) is 2.57. The number of fused-ring (bicyclic) bond motifs is 1. The zero-order valence-electron chi connectivity index (χ0n) is 13.4. The van der Waals surface area contributed by atoms with Crippen LogP contribution in [0.4, 0.5) is 0 Å². The summed E-state index contributed by atoms with van der Waals surface area (Å²) in [6.45, 7) is 3.16. The average molecular weight is 316 g/mol. The number of hydrogen-bond donors (Lipinski definition) is 1. The van der Waals surface area contributed by atoms with E-state index in [-0.39, 0.29) is 0 Å². The van der Waals surface area contributed by atoms with Gasteiger partial charge >= 0.3 is 0 Å². The zero-order chi connectivity index (χ0) is 15.6. The minimum atomic E-state index is 0.328. The lowest BCUT2D eigenvalue weighted by Gasteiger charge is -2.27. The summed E-state index contributed by atoms with van der Waals surface area (Å²) in [6.07, 6.45) is 5.12. The van der Waals surface area contributed by atoms with Crippen LogP contribution in [-0.4, -0.2) is 43.3 Å². The van der Waals surface area contributed by atoms with Gasteiger partial charge in [-0.05, 0) is 49.3 Å². The molecule has 124 valence electrons. The summed E-state index contributed by atoms with van der Waals surface area (Å²) in [5.41, 5.74) is 1.32. The summed E-state index contributed by atoms with van der Waals surface area (Å²) in [7, 11) is 0. The molecule has 0 bridgehead atoms. The largest absolute Gasteiger partial charge is 0.454 e. The van der Waals surface area contributed by atoms with Crippen molar-refractivity contribution in [2.24, 2.45) is 0 Å². The maximum Gasteiger partial charge on any atom is 0.231 e. The number of likely N-dealkylation sites (tertiary alicyclic amines) is 1. The Morgan fingerprint density at radius 1 is 1.22 bits per heavy atom. The lowest BCUT2D eigenvalue weighted by Crippen LogP contribution is -2.38. The quantitative estimate of drug-likeness (QED) is 0.926. The molecular formula is C18H24N2O3. The van der Waals surface area contributed by atoms with E-state index in [1.165, 1.54) is 5.56 Å². The number of rotatable bonds is 4. The number of carbonyl (C=O) groups excluding carboxylic acids is 1. The van der Waals surface area contributed by atoms with Crippen molar-refractivity contribution in [1.82, 2.24) is 10.2 Å². The Morgan fingerprint density at radius 2 is 2.13 bits per heavy atom. The van der Waals surface area contributed by atoms with Gasteiger partial charge < -0.3 is 19.7 Å². The minimum Gasteiger partial charge on any atom is -0.454 e. The van der Waals surface area contributed by atoms with Crippen molar-refractivity contribution in [3.8, 4) is 11.5 Å². The van der Waals surface area contributed by atoms with Crippen molar-refractivity contribution in [3.63, 3.8) is 0 Å². The molecular weight excluding hydrogens is 292 g/mol. The molecule has 5 nitrogen and oxygen atoms in total. The van der Waals surface area contributed by atoms with Crippen LogP contribution >= 0.6 is 0 Å². The molecule has 4 rings (SSSR count). The van der Waals surface area contributed by atoms with Crippen molar-refractivity contribution in [3.05, 3.63) is 23.8 Å². The highest BCUT2D eigenvalue weighted by Gasteiger charge is 2.28. The lowest BCUT2D eigenvalue weighted by atomic mass is 9.95. The van der Waals surface area contributed by atoms with E-state index < -0.39 is 0 Å². The van der Waals surface area contributed by atoms with Crippen LogP contribution in [0.25, 0.3) is 0 Å². The molecule has 1 aromatic rings. The first kappa shape index (κ1) is 14.8. The first-order valence-corrected chi connectivity index (χ1v) is 8.70. The predicted octanol–water partition coefficient (Wildman–Crippen LogP) is 2.26. The molecule has 2 fully saturated rings. The Bertz CT molecular complexity index is 590. The Morgan fingerprint density at radius 3 is 3.04 bits per heavy atom. The van der Waals surface area contributed by atoms with Gasteiger partial charge in [0.25, 0.3) is 0 Å². The molecule has 3 aliphatic heterocycles. The fourth-order valence-corrected chi connectivity index (χ4v) is 3.87. The van der Waals surface area contributed by atoms with Gasteiger partial charge in [0.15, 0.2) is 11.5 Å². The molecule has 1 amide bonds. The van der Waals surface area contributed by atoms with Crippen molar-refractivity contribution in [1.29, 1.82) is 0 Å². The van der Waals surface area contributed by atoms with Crippen molar-refractivity contribution in [2.75, 3.05) is 26.4 Å². The van der Waals surface area contributed by atoms with Gasteiger partial charge in [0.05, 0.1) is 0 Å². The molecule has 23 heavy (non-hydrogen) atoms. The normalized spacial score (nSPS) is 26.8. The summed E-state index contributed by atoms with van der Waals surface area (Å²) in [6, 6.07) is 6.78. The Kier molecular flexibility index (Phi) is 4.12. The summed E-state index contributed by atoms with van der Waals surface area (Å²) < 4.78 is 10.9. The van der Waals surface area contributed by atoms with Gasteiger partial charge in [0, 0.05) is 32.1 Å². The second-order valence-electron chi connectivity index (χ2n) is 6.78. The summed E-state index contributed by atoms with van der Waals surface area (Å²) >= 11 is 0. The molecule has 3 heterocycles. The highest BCUT2D eigenvalue weighted by Crippen LogP contribution is 2.37. The fourth-order valence-electron chi connectivity index (χ4n) is 3.87. The Balaban J connectivity index is 1.31. The average Bonchev–Trinajstić information content (AvgIpc) is 3.22. The molecule has 5 heteroatoms. The van der Waals surface area contributed by atoms with Gasteiger partial charge in [0.2, 0.25) is 12.7 Å². The van der Waals surface area contributed by atoms with Gasteiger partial charge in [-0.1, -0.05) is 6.07 Å². The third kappa shape index (κ3) is 3.15. The van der Waals surface area contributed by atoms with Gasteiger partial charge in [-0.3, -0.25) is 4.79 Å². The summed E-state index contributed by atoms with van der Waals surface area (Å²) in [5, 5.41) is 3.62. The third-order valence-corrected chi connectivity index (χ3v) is 5.26. The molecule has 1 aromatic carbocycles. The second-order valence-corrected chi connectivity index (χ2v) is 6.78. The molecule has 0 spiro atoms. The van der Waals surface area contributed by atoms with Gasteiger partial charge in [0.1, 0.15) is 0 Å². The number of nitrogens with one attached hydrogen (secondary N) is 1. The molecule has 0 saturated carbocycles. The standard InChI is InChI=1S/C18H24N2O3/c21-18-3-1-2-7-20(18)8-6-15-9-14(11-19-15)13-4-5-16-17(10-13)23-12-22-16/h4-5,10,14-15,19H,1-3,6-9,11-12H2. The van der Waals surface area contributed by atoms with Crippen molar-refractivity contribution in [2.45, 2.75) is 44.1 Å². The van der Waals surface area contributed by atoms with Crippen LogP contribution in [0.2, 0.25) is 0 Å². The topological polar surface area (TPSA) is 50.8 Å². The molecule has 0 radical (unpaired) electrons. The van der Waals surface area contributed by atoms with Crippen LogP contribution in [0.5, 0.6) is 11.5 Å². The van der Waals surface area contributed by atoms with Crippen molar-refractivity contribution >= 4 is 5.91 Å². The van der Waals surface area contributed by atoms with Gasteiger partial charge in [-0.2, -0.15) is 0 Å². The van der Waals surface area contributed by atoms with E-state index in [1.807, 2.05) is 11.0 Å². The Labute approximate surface area is 136 Å². The maximum atomic E-state index is 11.9. The number of hydrogen-bond acceptors (Lipinski definition) is 4. The first-order chi connectivity index (χ1) is 11.3. The highest BCUT2D eigenvalue weighted by atomic mass is 16.7. The van der Waals surface area contributed by atoms with Crippen molar-refractivity contribution < 1.29 is 14.3 Å². The molecule has 0 aromatic heterocycles. The van der Waals surface area contributed by atoms with E-state index in [4.69, 9.17) is 9.47 Å². The van der Waals surface area contributed by atoms with Gasteiger partial charge in [-0.25, -0.2) is 0 Å². The maximum absolute atomic E-state index is 11.9. The van der Waals surface area contributed by atoms with E-state index in [1.54, 1.807) is 0 Å². The summed E-state index contributed by atoms with van der Waals surface area (Å²) in [4.78, 5) is 13.9. The van der Waals surface area contributed by atoms with Crippen LogP contribution in [-0.2, 0) is 4.79 Å². The highest BCUT2D eigenvalue weighted by molar-refractivity contribution is 5.76. The van der Waals surface area contributed by atoms with E-state index in [2.05, 4.69) is 17.4 Å². The van der Waals surface area contributed by atoms with Crippen LogP contribution in [0.1, 0.15) is 43.6 Å². The molecule has 0 aliphatic carbocycles. The van der Waals surface area contributed by atoms with E-state index in [0.717, 1.165) is 63.2 Å². The lowest BCUT2D eigenvalue weighted by molar-refractivity contribution is -0.133. The minimum absolute atomic E-state index is 0.328. The van der Waals surface area contributed by atoms with E-state index >= 15 is 0 Å². The molecule has 1 N–H and O–H groups in total. The molecule has 3 aliphatic rings. The monoisotopic (exact) mass is 316 g/mol. The van der Waals surface area contributed by atoms with Crippen LogP contribution in [0, 0.1) is 0 Å². The van der Waals surface area contributed by atoms with Gasteiger partial charge in [-0.15, -0.1) is 0 Å². The first-order valence-electron chi connectivity index (χ1n) is 8.70. The van der Waals surface area contributed by atoms with Crippen LogP contribution in [0.3, 0.4) is 0 Å². The van der Waals surface area contributed by atoms with Crippen LogP contribution in [0.15, 0.2) is 18.2 Å². The second kappa shape index (κ2) is 6.40. The van der Waals surface area contributed by atoms with Crippen LogP contribution < -0.4 is 14.8 Å². The molecule has 2 unspecified atom stereocenters. The number of benzene rings is 1. The number of nitrogens with zero attached hydrogens (tertiary/aromatic N) is 1. The number of amides is 1. The third-order valence-electron chi connectivity index (χ3n) is 5.26. The molecule has 2 saturated heterocycles. The fraction of sp³-hybridized carbons (Fsp3) is 0.611. The smallest absolute Gasteiger partial charge is 0.231 e.